The molecule has 94 valence electrons. The maximum absolute atomic E-state index is 11.4. The summed E-state index contributed by atoms with van der Waals surface area (Å²) in [6.45, 7) is 9.64. The van der Waals surface area contributed by atoms with E-state index in [-0.39, 0.29) is 17.4 Å². The third kappa shape index (κ3) is 3.63. The summed E-state index contributed by atoms with van der Waals surface area (Å²) in [5, 5.41) is 2.41. The number of carbonyl (C=O) groups excluding carboxylic acids is 1. The van der Waals surface area contributed by atoms with Crippen molar-refractivity contribution >= 4 is 17.5 Å². The Labute approximate surface area is 103 Å². The van der Waals surface area contributed by atoms with Gasteiger partial charge in [-0.15, -0.1) is 11.6 Å². The highest BCUT2D eigenvalue weighted by Gasteiger charge is 2.37. The van der Waals surface area contributed by atoms with Gasteiger partial charge < -0.3 is 10.1 Å². The number of alkyl halides is 1. The molecule has 4 heteroatoms. The van der Waals surface area contributed by atoms with Crippen LogP contribution in [0.4, 0.5) is 0 Å². The summed E-state index contributed by atoms with van der Waals surface area (Å²) in [5.41, 5.74) is 0.123. The van der Waals surface area contributed by atoms with Crippen molar-refractivity contribution < 1.29 is 9.53 Å². The van der Waals surface area contributed by atoms with E-state index in [1.807, 2.05) is 0 Å². The molecule has 16 heavy (non-hydrogen) atoms. The predicted octanol–water partition coefficient (Wildman–Crippen LogP) is 2.18. The minimum atomic E-state index is -0.463. The summed E-state index contributed by atoms with van der Waals surface area (Å²) in [5.74, 6) is 0.306. The quantitative estimate of drug-likeness (QED) is 0.777. The van der Waals surface area contributed by atoms with Crippen LogP contribution in [0.2, 0.25) is 0 Å². The molecule has 0 aromatic carbocycles. The molecule has 1 rings (SSSR count). The lowest BCUT2D eigenvalue weighted by molar-refractivity contribution is -0.120. The van der Waals surface area contributed by atoms with E-state index in [1.54, 1.807) is 6.92 Å². The van der Waals surface area contributed by atoms with Gasteiger partial charge in [0.2, 0.25) is 5.91 Å². The Morgan fingerprint density at radius 2 is 2.19 bits per heavy atom. The molecule has 1 saturated heterocycles. The first-order valence-corrected chi connectivity index (χ1v) is 6.29. The Kier molecular flexibility index (Phi) is 4.62. The molecule has 0 saturated carbocycles. The van der Waals surface area contributed by atoms with Gasteiger partial charge in [0.05, 0.1) is 6.10 Å². The molecule has 1 amide bonds. The standard InChI is InChI=1S/C12H22ClNO2/c1-8(13)11(15)14-7-9-5-6-16-10(9)12(2,3)4/h8-10H,5-7H2,1-4H3,(H,14,15)/t8?,9-,10+/m0/s1. The number of ether oxygens (including phenoxy) is 1. The van der Waals surface area contributed by atoms with Crippen molar-refractivity contribution in [2.75, 3.05) is 13.2 Å². The zero-order valence-electron chi connectivity index (χ0n) is 10.5. The first-order valence-electron chi connectivity index (χ1n) is 5.85. The van der Waals surface area contributed by atoms with Crippen molar-refractivity contribution in [2.24, 2.45) is 11.3 Å². The maximum Gasteiger partial charge on any atom is 0.237 e. The molecule has 0 aliphatic carbocycles. The molecule has 1 aliphatic heterocycles. The zero-order valence-corrected chi connectivity index (χ0v) is 11.3. The molecular weight excluding hydrogens is 226 g/mol. The van der Waals surface area contributed by atoms with Crippen LogP contribution < -0.4 is 5.32 Å². The first-order chi connectivity index (χ1) is 7.32. The van der Waals surface area contributed by atoms with E-state index in [2.05, 4.69) is 26.1 Å². The van der Waals surface area contributed by atoms with Crippen LogP contribution >= 0.6 is 11.6 Å². The Balaban J connectivity index is 2.45. The number of hydrogen-bond donors (Lipinski definition) is 1. The average molecular weight is 248 g/mol. The van der Waals surface area contributed by atoms with Gasteiger partial charge in [0, 0.05) is 19.1 Å². The van der Waals surface area contributed by atoms with Crippen LogP contribution in [-0.4, -0.2) is 30.5 Å². The van der Waals surface area contributed by atoms with Gasteiger partial charge in [-0.2, -0.15) is 0 Å². The lowest BCUT2D eigenvalue weighted by atomic mass is 9.81. The van der Waals surface area contributed by atoms with Crippen LogP contribution in [0.1, 0.15) is 34.1 Å². The van der Waals surface area contributed by atoms with Gasteiger partial charge in [-0.05, 0) is 18.8 Å². The predicted molar refractivity (Wildman–Crippen MR) is 65.6 cm³/mol. The number of carbonyl (C=O) groups is 1. The van der Waals surface area contributed by atoms with Crippen LogP contribution in [0.5, 0.6) is 0 Å². The van der Waals surface area contributed by atoms with Gasteiger partial charge in [-0.1, -0.05) is 20.8 Å². The van der Waals surface area contributed by atoms with Crippen molar-refractivity contribution in [2.45, 2.75) is 45.6 Å². The molecule has 1 aliphatic rings. The third-order valence-corrected chi connectivity index (χ3v) is 3.17. The molecule has 1 unspecified atom stereocenters. The molecule has 3 nitrogen and oxygen atoms in total. The third-order valence-electron chi connectivity index (χ3n) is 2.97. The minimum Gasteiger partial charge on any atom is -0.377 e. The highest BCUT2D eigenvalue weighted by Crippen LogP contribution is 2.34. The van der Waals surface area contributed by atoms with Crippen LogP contribution in [0, 0.1) is 11.3 Å². The second kappa shape index (κ2) is 5.37. The summed E-state index contributed by atoms with van der Waals surface area (Å²) >= 11 is 5.70. The molecule has 0 aromatic heterocycles. The fourth-order valence-corrected chi connectivity index (χ4v) is 2.25. The summed E-state index contributed by atoms with van der Waals surface area (Å²) in [6.07, 6.45) is 1.23. The van der Waals surface area contributed by atoms with Crippen LogP contribution in [0.15, 0.2) is 0 Å². The summed E-state index contributed by atoms with van der Waals surface area (Å²) < 4.78 is 5.74. The van der Waals surface area contributed by atoms with Gasteiger partial charge in [-0.3, -0.25) is 4.79 Å². The Hall–Kier alpha value is -0.280. The number of rotatable bonds is 3. The molecule has 0 aromatic rings. The fraction of sp³-hybridized carbons (Fsp3) is 0.917. The Morgan fingerprint density at radius 3 is 2.69 bits per heavy atom. The van der Waals surface area contributed by atoms with E-state index >= 15 is 0 Å². The summed E-state index contributed by atoms with van der Waals surface area (Å²) in [6, 6.07) is 0. The molecule has 1 heterocycles. The van der Waals surface area contributed by atoms with Crippen LogP contribution in [-0.2, 0) is 9.53 Å². The van der Waals surface area contributed by atoms with Crippen molar-refractivity contribution in [1.82, 2.24) is 5.32 Å². The van der Waals surface area contributed by atoms with E-state index in [9.17, 15) is 4.79 Å². The molecule has 0 bridgehead atoms. The maximum atomic E-state index is 11.4. The number of nitrogens with one attached hydrogen (secondary N) is 1. The molecule has 3 atom stereocenters. The van der Waals surface area contributed by atoms with E-state index in [4.69, 9.17) is 16.3 Å². The smallest absolute Gasteiger partial charge is 0.237 e. The number of halogens is 1. The summed E-state index contributed by atoms with van der Waals surface area (Å²) in [7, 11) is 0. The van der Waals surface area contributed by atoms with Gasteiger partial charge in [-0.25, -0.2) is 0 Å². The van der Waals surface area contributed by atoms with Gasteiger partial charge >= 0.3 is 0 Å². The van der Waals surface area contributed by atoms with Gasteiger partial charge in [0.15, 0.2) is 0 Å². The zero-order chi connectivity index (χ0) is 12.3. The topological polar surface area (TPSA) is 38.3 Å². The largest absolute Gasteiger partial charge is 0.377 e. The molecular formula is C12H22ClNO2. The van der Waals surface area contributed by atoms with E-state index in [0.29, 0.717) is 12.5 Å². The molecule has 1 fully saturated rings. The van der Waals surface area contributed by atoms with Crippen LogP contribution in [0.3, 0.4) is 0 Å². The Morgan fingerprint density at radius 1 is 1.56 bits per heavy atom. The van der Waals surface area contributed by atoms with Crippen molar-refractivity contribution in [3.63, 3.8) is 0 Å². The fourth-order valence-electron chi connectivity index (χ4n) is 2.17. The first kappa shape index (κ1) is 13.8. The normalized spacial score (nSPS) is 27.8. The molecule has 0 radical (unpaired) electrons. The lowest BCUT2D eigenvalue weighted by Crippen LogP contribution is -2.40. The lowest BCUT2D eigenvalue weighted by Gasteiger charge is -2.31. The van der Waals surface area contributed by atoms with Crippen molar-refractivity contribution in [3.05, 3.63) is 0 Å². The van der Waals surface area contributed by atoms with Gasteiger partial charge in [0.1, 0.15) is 5.38 Å². The van der Waals surface area contributed by atoms with Crippen molar-refractivity contribution in [3.8, 4) is 0 Å². The summed E-state index contributed by atoms with van der Waals surface area (Å²) in [4.78, 5) is 11.4. The van der Waals surface area contributed by atoms with Gasteiger partial charge in [0.25, 0.3) is 0 Å². The monoisotopic (exact) mass is 247 g/mol. The minimum absolute atomic E-state index is 0.0961. The molecule has 0 spiro atoms. The number of amides is 1. The number of hydrogen-bond acceptors (Lipinski definition) is 2. The van der Waals surface area contributed by atoms with Crippen LogP contribution in [0.25, 0.3) is 0 Å². The SMILES string of the molecule is CC(Cl)C(=O)NC[C@@H]1CCO[C@H]1C(C)(C)C. The second-order valence-corrected chi connectivity index (χ2v) is 6.22. The van der Waals surface area contributed by atoms with E-state index < -0.39 is 5.38 Å². The average Bonchev–Trinajstić information content (AvgIpc) is 2.60. The van der Waals surface area contributed by atoms with Crippen molar-refractivity contribution in [1.29, 1.82) is 0 Å². The highest BCUT2D eigenvalue weighted by molar-refractivity contribution is 6.30. The highest BCUT2D eigenvalue weighted by atomic mass is 35.5. The van der Waals surface area contributed by atoms with E-state index in [1.165, 1.54) is 0 Å². The Bertz CT molecular complexity index is 248. The molecule has 1 N–H and O–H groups in total. The van der Waals surface area contributed by atoms with E-state index in [0.717, 1.165) is 13.0 Å². The second-order valence-electron chi connectivity index (χ2n) is 5.57.